The minimum Gasteiger partial charge on any atom is -0.376 e. The van der Waals surface area contributed by atoms with E-state index in [2.05, 4.69) is 0 Å². The molecule has 3 rings (SSSR count). The Labute approximate surface area is 141 Å². The van der Waals surface area contributed by atoms with Crippen molar-refractivity contribution in [3.63, 3.8) is 0 Å². The number of sulfonamides is 1. The summed E-state index contributed by atoms with van der Waals surface area (Å²) in [5.41, 5.74) is 1.14. The van der Waals surface area contributed by atoms with E-state index in [1.807, 2.05) is 30.3 Å². The quantitative estimate of drug-likeness (QED) is 0.802. The van der Waals surface area contributed by atoms with Gasteiger partial charge in [0.1, 0.15) is 4.21 Å². The van der Waals surface area contributed by atoms with Gasteiger partial charge in [-0.3, -0.25) is 0 Å². The minimum atomic E-state index is -3.33. The molecule has 1 fully saturated rings. The van der Waals surface area contributed by atoms with Gasteiger partial charge in [0, 0.05) is 13.1 Å². The highest BCUT2D eigenvalue weighted by atomic mass is 32.2. The predicted molar refractivity (Wildman–Crippen MR) is 91.9 cm³/mol. The molecular formula is C17H21NO3S2. The zero-order valence-electron chi connectivity index (χ0n) is 12.9. The van der Waals surface area contributed by atoms with Crippen molar-refractivity contribution in [2.24, 2.45) is 5.92 Å². The number of benzene rings is 1. The molecule has 23 heavy (non-hydrogen) atoms. The van der Waals surface area contributed by atoms with Gasteiger partial charge in [-0.05, 0) is 35.8 Å². The van der Waals surface area contributed by atoms with Gasteiger partial charge in [0.25, 0.3) is 10.0 Å². The molecule has 2 heterocycles. The molecule has 4 nitrogen and oxygen atoms in total. The first-order valence-corrected chi connectivity index (χ1v) is 10.1. The molecular weight excluding hydrogens is 330 g/mol. The van der Waals surface area contributed by atoms with E-state index in [-0.39, 0.29) is 5.92 Å². The van der Waals surface area contributed by atoms with Crippen molar-refractivity contribution in [3.8, 4) is 0 Å². The summed E-state index contributed by atoms with van der Waals surface area (Å²) in [5.74, 6) is 0.266. The predicted octanol–water partition coefficient (Wildman–Crippen LogP) is 3.37. The van der Waals surface area contributed by atoms with Crippen LogP contribution in [0.4, 0.5) is 0 Å². The standard InChI is InChI=1S/C17H21NO3S2/c19-23(20,17-9-5-11-22-17)18-10-4-8-16(12-18)14-21-13-15-6-2-1-3-7-15/h1-3,5-7,9,11,16H,4,8,10,12-14H2. The Kier molecular flexibility index (Phi) is 5.48. The number of hydrogen-bond donors (Lipinski definition) is 0. The summed E-state index contributed by atoms with van der Waals surface area (Å²) in [6, 6.07) is 13.5. The summed E-state index contributed by atoms with van der Waals surface area (Å²) >= 11 is 1.28. The molecule has 0 N–H and O–H groups in total. The highest BCUT2D eigenvalue weighted by molar-refractivity contribution is 7.91. The van der Waals surface area contributed by atoms with Crippen molar-refractivity contribution in [1.82, 2.24) is 4.31 Å². The largest absolute Gasteiger partial charge is 0.376 e. The van der Waals surface area contributed by atoms with E-state index >= 15 is 0 Å². The van der Waals surface area contributed by atoms with Crippen molar-refractivity contribution in [2.45, 2.75) is 23.7 Å². The van der Waals surface area contributed by atoms with Crippen LogP contribution in [0.2, 0.25) is 0 Å². The fourth-order valence-electron chi connectivity index (χ4n) is 2.84. The van der Waals surface area contributed by atoms with E-state index in [0.717, 1.165) is 18.4 Å². The molecule has 0 amide bonds. The van der Waals surface area contributed by atoms with Gasteiger partial charge in [-0.1, -0.05) is 36.4 Å². The molecule has 1 aromatic heterocycles. The summed E-state index contributed by atoms with van der Waals surface area (Å²) in [7, 11) is -3.33. The van der Waals surface area contributed by atoms with Gasteiger partial charge < -0.3 is 4.74 Å². The van der Waals surface area contributed by atoms with Crippen LogP contribution in [0, 0.1) is 5.92 Å². The molecule has 0 saturated carbocycles. The number of piperidine rings is 1. The Balaban J connectivity index is 1.54. The molecule has 0 spiro atoms. The van der Waals surface area contributed by atoms with Crippen molar-refractivity contribution in [1.29, 1.82) is 0 Å². The van der Waals surface area contributed by atoms with Crippen LogP contribution in [0.3, 0.4) is 0 Å². The molecule has 1 aromatic carbocycles. The first-order valence-electron chi connectivity index (χ1n) is 7.81. The highest BCUT2D eigenvalue weighted by Crippen LogP contribution is 2.26. The molecule has 0 radical (unpaired) electrons. The van der Waals surface area contributed by atoms with Gasteiger partial charge in [0.15, 0.2) is 0 Å². The van der Waals surface area contributed by atoms with Crippen LogP contribution in [-0.2, 0) is 21.4 Å². The maximum Gasteiger partial charge on any atom is 0.252 e. The van der Waals surface area contributed by atoms with Crippen molar-refractivity contribution in [3.05, 3.63) is 53.4 Å². The zero-order chi connectivity index (χ0) is 16.1. The summed E-state index contributed by atoms with van der Waals surface area (Å²) in [6.07, 6.45) is 1.91. The second kappa shape index (κ2) is 7.57. The molecule has 2 aromatic rings. The van der Waals surface area contributed by atoms with E-state index in [4.69, 9.17) is 4.74 Å². The van der Waals surface area contributed by atoms with Crippen LogP contribution in [0.25, 0.3) is 0 Å². The van der Waals surface area contributed by atoms with Gasteiger partial charge in [-0.25, -0.2) is 8.42 Å². The van der Waals surface area contributed by atoms with Gasteiger partial charge >= 0.3 is 0 Å². The third kappa shape index (κ3) is 4.20. The van der Waals surface area contributed by atoms with E-state index in [1.54, 1.807) is 21.8 Å². The molecule has 1 aliphatic heterocycles. The smallest absolute Gasteiger partial charge is 0.252 e. The van der Waals surface area contributed by atoms with Crippen LogP contribution < -0.4 is 0 Å². The van der Waals surface area contributed by atoms with E-state index in [9.17, 15) is 8.42 Å². The molecule has 0 aliphatic carbocycles. The third-order valence-corrected chi connectivity index (χ3v) is 7.27. The second-order valence-electron chi connectivity index (χ2n) is 5.80. The van der Waals surface area contributed by atoms with Crippen LogP contribution in [0.1, 0.15) is 18.4 Å². The van der Waals surface area contributed by atoms with Crippen LogP contribution in [0.5, 0.6) is 0 Å². The molecule has 1 atom stereocenters. The number of thiophene rings is 1. The molecule has 1 aliphatic rings. The summed E-state index contributed by atoms with van der Waals surface area (Å²) in [5, 5.41) is 1.80. The summed E-state index contributed by atoms with van der Waals surface area (Å²) < 4.78 is 33.0. The highest BCUT2D eigenvalue weighted by Gasteiger charge is 2.30. The number of nitrogens with zero attached hydrogens (tertiary/aromatic N) is 1. The maximum atomic E-state index is 12.6. The number of hydrogen-bond acceptors (Lipinski definition) is 4. The Morgan fingerprint density at radius 3 is 2.74 bits per heavy atom. The fourth-order valence-corrected chi connectivity index (χ4v) is 5.54. The second-order valence-corrected chi connectivity index (χ2v) is 8.92. The lowest BCUT2D eigenvalue weighted by molar-refractivity contribution is 0.0672. The number of ether oxygens (including phenoxy) is 1. The van der Waals surface area contributed by atoms with E-state index in [0.29, 0.717) is 30.5 Å². The maximum absolute atomic E-state index is 12.6. The zero-order valence-corrected chi connectivity index (χ0v) is 14.6. The minimum absolute atomic E-state index is 0.266. The summed E-state index contributed by atoms with van der Waals surface area (Å²) in [6.45, 7) is 2.34. The SMILES string of the molecule is O=S(=O)(c1cccs1)N1CCCC(COCc2ccccc2)C1. The fraction of sp³-hybridized carbons (Fsp3) is 0.412. The van der Waals surface area contributed by atoms with Crippen molar-refractivity contribution >= 4 is 21.4 Å². The first kappa shape index (κ1) is 16.6. The van der Waals surface area contributed by atoms with E-state index in [1.165, 1.54) is 11.3 Å². The molecule has 1 unspecified atom stereocenters. The molecule has 6 heteroatoms. The average molecular weight is 351 g/mol. The topological polar surface area (TPSA) is 46.6 Å². The van der Waals surface area contributed by atoms with Crippen molar-refractivity contribution in [2.75, 3.05) is 19.7 Å². The lowest BCUT2D eigenvalue weighted by Gasteiger charge is -2.31. The third-order valence-electron chi connectivity index (χ3n) is 4.04. The monoisotopic (exact) mass is 351 g/mol. The lowest BCUT2D eigenvalue weighted by atomic mass is 10.0. The summed E-state index contributed by atoms with van der Waals surface area (Å²) in [4.78, 5) is 0. The van der Waals surface area contributed by atoms with E-state index < -0.39 is 10.0 Å². The molecule has 0 bridgehead atoms. The Morgan fingerprint density at radius 2 is 2.00 bits per heavy atom. The van der Waals surface area contributed by atoms with Gasteiger partial charge in [-0.2, -0.15) is 4.31 Å². The molecule has 124 valence electrons. The Bertz CT molecular complexity index is 699. The first-order chi connectivity index (χ1) is 11.2. The lowest BCUT2D eigenvalue weighted by Crippen LogP contribution is -2.40. The Hall–Kier alpha value is -1.21. The van der Waals surface area contributed by atoms with Crippen LogP contribution >= 0.6 is 11.3 Å². The number of rotatable bonds is 6. The van der Waals surface area contributed by atoms with Crippen LogP contribution in [-0.4, -0.2) is 32.4 Å². The Morgan fingerprint density at radius 1 is 1.17 bits per heavy atom. The van der Waals surface area contributed by atoms with Gasteiger partial charge in [-0.15, -0.1) is 11.3 Å². The normalized spacial score (nSPS) is 19.7. The van der Waals surface area contributed by atoms with Crippen molar-refractivity contribution < 1.29 is 13.2 Å². The van der Waals surface area contributed by atoms with Gasteiger partial charge in [0.2, 0.25) is 0 Å². The molecule has 1 saturated heterocycles. The average Bonchev–Trinajstić information content (AvgIpc) is 3.11. The van der Waals surface area contributed by atoms with Gasteiger partial charge in [0.05, 0.1) is 13.2 Å². The van der Waals surface area contributed by atoms with Crippen LogP contribution in [0.15, 0.2) is 52.1 Å².